The number of carbonyl (C=O) groups excluding carboxylic acids is 1. The number of amides is 1. The van der Waals surface area contributed by atoms with Gasteiger partial charge in [-0.25, -0.2) is 9.37 Å². The van der Waals surface area contributed by atoms with E-state index >= 15 is 0 Å². The van der Waals surface area contributed by atoms with Crippen LogP contribution < -0.4 is 10.1 Å². The van der Waals surface area contributed by atoms with Crippen molar-refractivity contribution in [2.75, 3.05) is 6.54 Å². The first-order valence-corrected chi connectivity index (χ1v) is 10.5. The van der Waals surface area contributed by atoms with Crippen LogP contribution in [-0.4, -0.2) is 22.4 Å². The molecule has 0 saturated heterocycles. The summed E-state index contributed by atoms with van der Waals surface area (Å²) in [4.78, 5) is 21.1. The third kappa shape index (κ3) is 5.75. The molecular weight excluding hydrogens is 393 g/mol. The molecule has 0 fully saturated rings. The highest BCUT2D eigenvalue weighted by Gasteiger charge is 2.10. The lowest BCUT2D eigenvalue weighted by Gasteiger charge is -2.13. The van der Waals surface area contributed by atoms with E-state index in [2.05, 4.69) is 21.4 Å². The van der Waals surface area contributed by atoms with E-state index in [0.29, 0.717) is 35.1 Å². The topological polar surface area (TPSA) is 64.1 Å². The van der Waals surface area contributed by atoms with Gasteiger partial charge in [0.15, 0.2) is 5.82 Å². The van der Waals surface area contributed by atoms with Gasteiger partial charge in [0.2, 0.25) is 5.88 Å². The summed E-state index contributed by atoms with van der Waals surface area (Å²) in [6.07, 6.45) is 9.57. The van der Waals surface area contributed by atoms with Crippen LogP contribution in [0.25, 0.3) is 11.4 Å². The molecule has 5 nitrogen and oxygen atoms in total. The molecule has 1 heterocycles. The Morgan fingerprint density at radius 1 is 1.10 bits per heavy atom. The van der Waals surface area contributed by atoms with E-state index in [9.17, 15) is 9.18 Å². The normalized spacial score (nSPS) is 13.4. The monoisotopic (exact) mass is 417 g/mol. The minimum Gasteiger partial charge on any atom is -0.439 e. The van der Waals surface area contributed by atoms with Gasteiger partial charge in [-0.15, -0.1) is 0 Å². The third-order valence-corrected chi connectivity index (χ3v) is 5.17. The number of allylic oxidation sites excluding steroid dienone is 1. The van der Waals surface area contributed by atoms with E-state index in [4.69, 9.17) is 4.74 Å². The number of halogens is 1. The van der Waals surface area contributed by atoms with Crippen molar-refractivity contribution >= 4 is 5.91 Å². The average molecular weight is 417 g/mol. The van der Waals surface area contributed by atoms with E-state index in [0.717, 1.165) is 19.3 Å². The SMILES string of the molecule is O=C(NCCC1=CCCCC1)c1cccc(Oc2ccnc(-c3ccc(F)cc3)n2)c1. The largest absolute Gasteiger partial charge is 0.439 e. The molecule has 0 spiro atoms. The number of hydrogen-bond acceptors (Lipinski definition) is 4. The molecule has 1 aliphatic rings. The van der Waals surface area contributed by atoms with Gasteiger partial charge in [0.1, 0.15) is 11.6 Å². The maximum absolute atomic E-state index is 13.1. The summed E-state index contributed by atoms with van der Waals surface area (Å²) in [6.45, 7) is 0.628. The maximum atomic E-state index is 13.1. The number of hydrogen-bond donors (Lipinski definition) is 1. The number of nitrogens with one attached hydrogen (secondary N) is 1. The average Bonchev–Trinajstić information content (AvgIpc) is 2.80. The van der Waals surface area contributed by atoms with Gasteiger partial charge in [0.25, 0.3) is 5.91 Å². The van der Waals surface area contributed by atoms with E-state index < -0.39 is 0 Å². The summed E-state index contributed by atoms with van der Waals surface area (Å²) in [7, 11) is 0. The predicted molar refractivity (Wildman–Crippen MR) is 117 cm³/mol. The zero-order chi connectivity index (χ0) is 21.5. The smallest absolute Gasteiger partial charge is 0.251 e. The first-order valence-electron chi connectivity index (χ1n) is 10.5. The Balaban J connectivity index is 1.39. The molecule has 2 aromatic carbocycles. The van der Waals surface area contributed by atoms with Gasteiger partial charge in [-0.3, -0.25) is 4.79 Å². The van der Waals surface area contributed by atoms with Gasteiger partial charge in [-0.2, -0.15) is 4.98 Å². The lowest BCUT2D eigenvalue weighted by atomic mass is 9.97. The molecule has 4 rings (SSSR count). The highest BCUT2D eigenvalue weighted by molar-refractivity contribution is 5.94. The predicted octanol–water partition coefficient (Wildman–Crippen LogP) is 5.70. The van der Waals surface area contributed by atoms with Crippen LogP contribution in [0.1, 0.15) is 42.5 Å². The van der Waals surface area contributed by atoms with Crippen LogP contribution in [0, 0.1) is 5.82 Å². The Hall–Kier alpha value is -3.54. The van der Waals surface area contributed by atoms with Crippen LogP contribution in [0.3, 0.4) is 0 Å². The van der Waals surface area contributed by atoms with Crippen LogP contribution >= 0.6 is 0 Å². The molecule has 0 unspecified atom stereocenters. The molecule has 0 atom stereocenters. The minimum atomic E-state index is -0.318. The van der Waals surface area contributed by atoms with Crippen molar-refractivity contribution in [2.24, 2.45) is 0 Å². The Morgan fingerprint density at radius 2 is 1.97 bits per heavy atom. The molecule has 3 aromatic rings. The summed E-state index contributed by atoms with van der Waals surface area (Å²) in [5.74, 6) is 0.837. The lowest BCUT2D eigenvalue weighted by molar-refractivity contribution is 0.0953. The molecule has 1 aromatic heterocycles. The molecular formula is C25H24FN3O2. The summed E-state index contributed by atoms with van der Waals surface area (Å²) in [5, 5.41) is 2.98. The van der Waals surface area contributed by atoms with Crippen molar-refractivity contribution in [3.05, 3.63) is 83.8 Å². The van der Waals surface area contributed by atoms with Crippen molar-refractivity contribution in [1.29, 1.82) is 0 Å². The first-order chi connectivity index (χ1) is 15.2. The molecule has 0 bridgehead atoms. The van der Waals surface area contributed by atoms with Gasteiger partial charge in [0, 0.05) is 29.9 Å². The van der Waals surface area contributed by atoms with Crippen molar-refractivity contribution < 1.29 is 13.9 Å². The number of aromatic nitrogens is 2. The maximum Gasteiger partial charge on any atom is 0.251 e. The van der Waals surface area contributed by atoms with Crippen molar-refractivity contribution in [2.45, 2.75) is 32.1 Å². The molecule has 0 aliphatic heterocycles. The van der Waals surface area contributed by atoms with E-state index in [1.54, 1.807) is 48.7 Å². The van der Waals surface area contributed by atoms with E-state index in [1.807, 2.05) is 0 Å². The zero-order valence-corrected chi connectivity index (χ0v) is 17.2. The van der Waals surface area contributed by atoms with Crippen molar-refractivity contribution in [3.63, 3.8) is 0 Å². The van der Waals surface area contributed by atoms with Gasteiger partial charge in [0.05, 0.1) is 0 Å². The molecule has 0 saturated carbocycles. The van der Waals surface area contributed by atoms with Crippen LogP contribution in [0.2, 0.25) is 0 Å². The molecule has 31 heavy (non-hydrogen) atoms. The minimum absolute atomic E-state index is 0.128. The fourth-order valence-corrected chi connectivity index (χ4v) is 3.53. The van der Waals surface area contributed by atoms with Crippen molar-refractivity contribution in [1.82, 2.24) is 15.3 Å². The van der Waals surface area contributed by atoms with Crippen LogP contribution in [0.4, 0.5) is 4.39 Å². The van der Waals surface area contributed by atoms with Gasteiger partial charge < -0.3 is 10.1 Å². The Morgan fingerprint density at radius 3 is 2.77 bits per heavy atom. The molecule has 1 aliphatic carbocycles. The number of ether oxygens (including phenoxy) is 1. The fourth-order valence-electron chi connectivity index (χ4n) is 3.53. The standard InChI is InChI=1S/C25H24FN3O2/c26-21-11-9-19(10-12-21)24-27-16-14-23(29-24)31-22-8-4-7-20(17-22)25(30)28-15-13-18-5-2-1-3-6-18/h4-5,7-12,14,16-17H,1-3,6,13,15H2,(H,28,30). The Bertz CT molecular complexity index is 1080. The Labute approximate surface area is 181 Å². The number of benzene rings is 2. The Kier molecular flexibility index (Phi) is 6.67. The fraction of sp³-hybridized carbons (Fsp3) is 0.240. The summed E-state index contributed by atoms with van der Waals surface area (Å²) in [6, 6.07) is 14.6. The summed E-state index contributed by atoms with van der Waals surface area (Å²) < 4.78 is 19.0. The van der Waals surface area contributed by atoms with Gasteiger partial charge in [-0.1, -0.05) is 17.7 Å². The second kappa shape index (κ2) is 9.98. The first kappa shape index (κ1) is 20.7. The zero-order valence-electron chi connectivity index (χ0n) is 17.2. The molecule has 1 amide bonds. The molecule has 6 heteroatoms. The number of carbonyl (C=O) groups is 1. The van der Waals surface area contributed by atoms with E-state index in [1.165, 1.54) is 30.5 Å². The summed E-state index contributed by atoms with van der Waals surface area (Å²) >= 11 is 0. The third-order valence-electron chi connectivity index (χ3n) is 5.17. The molecule has 158 valence electrons. The van der Waals surface area contributed by atoms with Crippen LogP contribution in [0.15, 0.2) is 72.4 Å². The van der Waals surface area contributed by atoms with Crippen molar-refractivity contribution in [3.8, 4) is 23.0 Å². The van der Waals surface area contributed by atoms with Gasteiger partial charge >= 0.3 is 0 Å². The summed E-state index contributed by atoms with van der Waals surface area (Å²) in [5.41, 5.74) is 2.65. The molecule has 0 radical (unpaired) electrons. The van der Waals surface area contributed by atoms with Crippen LogP contribution in [0.5, 0.6) is 11.6 Å². The lowest BCUT2D eigenvalue weighted by Crippen LogP contribution is -2.24. The van der Waals surface area contributed by atoms with E-state index in [-0.39, 0.29) is 11.7 Å². The van der Waals surface area contributed by atoms with Crippen LogP contribution in [-0.2, 0) is 0 Å². The number of rotatable bonds is 7. The number of nitrogens with zero attached hydrogens (tertiary/aromatic N) is 2. The highest BCUT2D eigenvalue weighted by atomic mass is 19.1. The second-order valence-corrected chi connectivity index (χ2v) is 7.47. The second-order valence-electron chi connectivity index (χ2n) is 7.47. The molecule has 1 N–H and O–H groups in total. The quantitative estimate of drug-likeness (QED) is 0.501. The van der Waals surface area contributed by atoms with Gasteiger partial charge in [-0.05, 0) is 74.6 Å². The highest BCUT2D eigenvalue weighted by Crippen LogP contribution is 2.23.